The fourth-order valence-electron chi connectivity index (χ4n) is 5.64. The lowest BCUT2D eigenvalue weighted by Crippen LogP contribution is -2.37. The Hall–Kier alpha value is -1.71. The van der Waals surface area contributed by atoms with Gasteiger partial charge in [-0.2, -0.15) is 0 Å². The molecule has 0 aliphatic carbocycles. The lowest BCUT2D eigenvalue weighted by Gasteiger charge is -2.38. The molecule has 0 amide bonds. The molecule has 0 spiro atoms. The maximum atomic E-state index is 12.0. The van der Waals surface area contributed by atoms with E-state index in [4.69, 9.17) is 14.2 Å². The Morgan fingerprint density at radius 2 is 1.47 bits per heavy atom. The molecule has 4 nitrogen and oxygen atoms in total. The van der Waals surface area contributed by atoms with Crippen LogP contribution in [0.1, 0.15) is 128 Å². The van der Waals surface area contributed by atoms with Gasteiger partial charge in [0.05, 0.1) is 6.61 Å². The molecule has 2 rings (SSSR count). The van der Waals surface area contributed by atoms with Gasteiger partial charge in [0.25, 0.3) is 0 Å². The summed E-state index contributed by atoms with van der Waals surface area (Å²) in [6.45, 7) is 20.0. The van der Waals surface area contributed by atoms with Crippen molar-refractivity contribution in [2.75, 3.05) is 6.61 Å². The third kappa shape index (κ3) is 8.99. The highest BCUT2D eigenvalue weighted by Gasteiger charge is 2.34. The van der Waals surface area contributed by atoms with Gasteiger partial charge in [0.2, 0.25) is 0 Å². The molecule has 3 atom stereocenters. The van der Waals surface area contributed by atoms with Crippen LogP contribution in [0, 0.1) is 38.5 Å². The van der Waals surface area contributed by atoms with E-state index in [1.165, 1.54) is 56.9 Å². The summed E-state index contributed by atoms with van der Waals surface area (Å²) in [6.07, 6.45) is 13.1. The van der Waals surface area contributed by atoms with E-state index in [9.17, 15) is 4.79 Å². The molecule has 36 heavy (non-hydrogen) atoms. The Balaban J connectivity index is 1.85. The van der Waals surface area contributed by atoms with Crippen molar-refractivity contribution in [3.63, 3.8) is 0 Å². The van der Waals surface area contributed by atoms with E-state index in [-0.39, 0.29) is 5.60 Å². The minimum absolute atomic E-state index is 0.134. The van der Waals surface area contributed by atoms with Gasteiger partial charge in [-0.1, -0.05) is 72.6 Å². The van der Waals surface area contributed by atoms with E-state index in [0.717, 1.165) is 59.5 Å². The van der Waals surface area contributed by atoms with Crippen LogP contribution >= 0.6 is 0 Å². The number of carbonyl (C=O) groups is 1. The SMILES string of the molecule is CCOC(=O)Oc1c(C)c(C)c2c(c1C)CC[C@@](C)(CCC[C@H](C)CCC[C@H](C)CCCC(C)C)O2. The second-order valence-electron chi connectivity index (χ2n) is 12.2. The predicted octanol–water partition coefficient (Wildman–Crippen LogP) is 9.67. The second-order valence-corrected chi connectivity index (χ2v) is 12.2. The number of fused-ring (bicyclic) bond motifs is 1. The minimum atomic E-state index is -0.640. The average molecular weight is 503 g/mol. The van der Waals surface area contributed by atoms with Crippen LogP contribution in [0.4, 0.5) is 4.79 Å². The number of carbonyl (C=O) groups excluding carboxylic acids is 1. The van der Waals surface area contributed by atoms with Crippen LogP contribution in [-0.4, -0.2) is 18.4 Å². The summed E-state index contributed by atoms with van der Waals surface area (Å²) in [6, 6.07) is 0. The van der Waals surface area contributed by atoms with Gasteiger partial charge in [0.1, 0.15) is 17.1 Å². The molecule has 0 unspecified atom stereocenters. The smallest absolute Gasteiger partial charge is 0.487 e. The zero-order valence-electron chi connectivity index (χ0n) is 24.9. The van der Waals surface area contributed by atoms with Gasteiger partial charge in [-0.3, -0.25) is 0 Å². The summed E-state index contributed by atoms with van der Waals surface area (Å²) in [5, 5.41) is 0. The highest BCUT2D eigenvalue weighted by Crippen LogP contribution is 2.45. The molecule has 0 bridgehead atoms. The molecule has 0 saturated carbocycles. The highest BCUT2D eigenvalue weighted by molar-refractivity contribution is 5.68. The first kappa shape index (κ1) is 30.5. The lowest BCUT2D eigenvalue weighted by atomic mass is 9.83. The largest absolute Gasteiger partial charge is 0.513 e. The first-order valence-electron chi connectivity index (χ1n) is 14.6. The van der Waals surface area contributed by atoms with Crippen molar-refractivity contribution in [3.8, 4) is 11.5 Å². The number of hydrogen-bond acceptors (Lipinski definition) is 4. The molecule has 206 valence electrons. The molecule has 1 aromatic carbocycles. The molecule has 0 aromatic heterocycles. The normalized spacial score (nSPS) is 18.9. The van der Waals surface area contributed by atoms with Crippen LogP contribution in [0.2, 0.25) is 0 Å². The van der Waals surface area contributed by atoms with Crippen molar-refractivity contribution >= 4 is 6.16 Å². The van der Waals surface area contributed by atoms with Gasteiger partial charge in [-0.15, -0.1) is 0 Å². The standard InChI is InChI=1S/C32H54O4/c1-10-34-31(33)35-29-25(6)26(7)30-28(27(29)8)19-21-32(9,36-30)20-13-18-24(5)17-12-16-23(4)15-11-14-22(2)3/h22-24H,10-21H2,1-9H3/t23-,24-,32-/m1/s1. The maximum Gasteiger partial charge on any atom is 0.513 e. The van der Waals surface area contributed by atoms with Crippen LogP contribution in [0.3, 0.4) is 0 Å². The zero-order valence-corrected chi connectivity index (χ0v) is 24.9. The third-order valence-electron chi connectivity index (χ3n) is 8.29. The molecule has 4 heteroatoms. The van der Waals surface area contributed by atoms with Gasteiger partial charge >= 0.3 is 6.16 Å². The molecule has 0 N–H and O–H groups in total. The van der Waals surface area contributed by atoms with E-state index < -0.39 is 6.16 Å². The fraction of sp³-hybridized carbons (Fsp3) is 0.781. The van der Waals surface area contributed by atoms with Crippen LogP contribution in [0.25, 0.3) is 0 Å². The van der Waals surface area contributed by atoms with E-state index in [2.05, 4.69) is 41.5 Å². The van der Waals surface area contributed by atoms with Crippen molar-refractivity contribution < 1.29 is 19.0 Å². The predicted molar refractivity (Wildman–Crippen MR) is 150 cm³/mol. The van der Waals surface area contributed by atoms with Crippen LogP contribution in [-0.2, 0) is 11.2 Å². The van der Waals surface area contributed by atoms with Crippen LogP contribution < -0.4 is 9.47 Å². The molecule has 1 aliphatic heterocycles. The Bertz CT molecular complexity index is 843. The number of hydrogen-bond donors (Lipinski definition) is 0. The number of rotatable bonds is 14. The summed E-state index contributed by atoms with van der Waals surface area (Å²) in [4.78, 5) is 12.0. The Labute approximate surface area is 221 Å². The topological polar surface area (TPSA) is 44.8 Å². The molecular formula is C32H54O4. The summed E-state index contributed by atoms with van der Waals surface area (Å²) in [5.41, 5.74) is 4.05. The summed E-state index contributed by atoms with van der Waals surface area (Å²) < 4.78 is 17.3. The first-order valence-corrected chi connectivity index (χ1v) is 14.6. The van der Waals surface area contributed by atoms with Crippen molar-refractivity contribution in [2.45, 2.75) is 139 Å². The first-order chi connectivity index (χ1) is 17.0. The summed E-state index contributed by atoms with van der Waals surface area (Å²) in [5.74, 6) is 4.10. The Morgan fingerprint density at radius 3 is 2.06 bits per heavy atom. The van der Waals surface area contributed by atoms with Gasteiger partial charge in [0.15, 0.2) is 0 Å². The summed E-state index contributed by atoms with van der Waals surface area (Å²) in [7, 11) is 0. The maximum absolute atomic E-state index is 12.0. The summed E-state index contributed by atoms with van der Waals surface area (Å²) >= 11 is 0. The molecule has 0 saturated heterocycles. The fourth-order valence-corrected chi connectivity index (χ4v) is 5.64. The Morgan fingerprint density at radius 1 is 0.889 bits per heavy atom. The van der Waals surface area contributed by atoms with Crippen molar-refractivity contribution in [2.24, 2.45) is 17.8 Å². The van der Waals surface area contributed by atoms with Crippen molar-refractivity contribution in [3.05, 3.63) is 22.3 Å². The third-order valence-corrected chi connectivity index (χ3v) is 8.29. The molecule has 1 aliphatic rings. The van der Waals surface area contributed by atoms with Gasteiger partial charge < -0.3 is 14.2 Å². The minimum Gasteiger partial charge on any atom is -0.487 e. The van der Waals surface area contributed by atoms with Crippen LogP contribution in [0.5, 0.6) is 11.5 Å². The lowest BCUT2D eigenvalue weighted by molar-refractivity contribution is 0.0509. The van der Waals surface area contributed by atoms with Gasteiger partial charge in [-0.25, -0.2) is 4.79 Å². The molecule has 1 aromatic rings. The molecule has 0 fully saturated rings. The monoisotopic (exact) mass is 502 g/mol. The zero-order chi connectivity index (χ0) is 26.9. The molecular weight excluding hydrogens is 448 g/mol. The number of ether oxygens (including phenoxy) is 3. The molecule has 1 heterocycles. The van der Waals surface area contributed by atoms with Gasteiger partial charge in [0, 0.05) is 5.56 Å². The van der Waals surface area contributed by atoms with Crippen LogP contribution in [0.15, 0.2) is 0 Å². The second kappa shape index (κ2) is 14.3. The van der Waals surface area contributed by atoms with E-state index >= 15 is 0 Å². The van der Waals surface area contributed by atoms with E-state index in [0.29, 0.717) is 12.4 Å². The average Bonchev–Trinajstić information content (AvgIpc) is 2.80. The van der Waals surface area contributed by atoms with Crippen molar-refractivity contribution in [1.29, 1.82) is 0 Å². The highest BCUT2D eigenvalue weighted by atomic mass is 16.7. The Kier molecular flexibility index (Phi) is 12.1. The van der Waals surface area contributed by atoms with Gasteiger partial charge in [-0.05, 0) is 94.7 Å². The number of benzene rings is 1. The van der Waals surface area contributed by atoms with E-state index in [1.54, 1.807) is 6.92 Å². The van der Waals surface area contributed by atoms with Crippen molar-refractivity contribution in [1.82, 2.24) is 0 Å². The van der Waals surface area contributed by atoms with E-state index in [1.807, 2.05) is 13.8 Å². The molecule has 0 radical (unpaired) electrons. The quantitative estimate of drug-likeness (QED) is 0.188.